The highest BCUT2D eigenvalue weighted by molar-refractivity contribution is 4.84. The van der Waals surface area contributed by atoms with Crippen LogP contribution in [0.2, 0.25) is 0 Å². The molecule has 0 heterocycles. The lowest BCUT2D eigenvalue weighted by molar-refractivity contribution is 0.155. The molecule has 120 heavy (non-hydrogen) atoms. The second-order valence-corrected chi connectivity index (χ2v) is 33.8. The van der Waals surface area contributed by atoms with E-state index in [9.17, 15) is 0 Å². The van der Waals surface area contributed by atoms with Crippen LogP contribution in [-0.4, -0.2) is 0 Å². The molecule has 9 rings (SSSR count). The summed E-state index contributed by atoms with van der Waals surface area (Å²) < 4.78 is 0. The molecule has 0 heteroatoms. The minimum atomic E-state index is 0. The molecule has 0 spiro atoms. The smallest absolute Gasteiger partial charge is 0.0411 e. The third-order valence-electron chi connectivity index (χ3n) is 22.7. The maximum absolute atomic E-state index is 2.40. The first-order chi connectivity index (χ1) is 54.2. The standard InChI is InChI=1S/C29H52.C22H40.C15H28.9C3H8.9C2H6.9CH4/c1-2-23-8-10-25(11-9-23)21-27-16-18-29(19-17-27)22-28-14-12-26(13-15-28)20-24-6-4-3-5-7-24;1-2-18-8-10-20(11-9-18)17-22-14-12-21(13-15-22)16-19-6-4-3-5-7-19;1-2-13-8-10-15(11-9-13)12-14-6-4-3-5-7-14;9*1-3-2;9*1-2;;;;;;;;;/h23-29H,2-22H2,1H3;18-22H,2-17H2,1H3;13-15H,2-12H2,1H3;9*3H2,1-2H3;9*1-2H3;9*1H4. The van der Waals surface area contributed by atoms with Gasteiger partial charge in [0.2, 0.25) is 0 Å². The van der Waals surface area contributed by atoms with Gasteiger partial charge in [-0.25, -0.2) is 0 Å². The minimum absolute atomic E-state index is 0. The SMILES string of the molecule is C.C.C.C.C.C.C.C.C.CC.CC.CC.CC.CC.CC.CC.CC.CC.CCC.CCC.CCC.CCC.CCC.CCC.CCC.CCC.CCC.CCC1CCC(CC2CCC(CC3CCC(CC4CCCCC4)CC3)CC2)CC1.CCC1CCC(CC2CCC(CC3CCCCC3)CC2)CC1.CCC1CCC(CC2CCCCC2)CC1. The highest BCUT2D eigenvalue weighted by Crippen LogP contribution is 2.46. The Morgan fingerprint density at radius 2 is 0.175 bits per heavy atom. The van der Waals surface area contributed by atoms with E-state index in [2.05, 4.69) is 145 Å². The van der Waals surface area contributed by atoms with Crippen LogP contribution in [0.3, 0.4) is 0 Å². The summed E-state index contributed by atoms with van der Waals surface area (Å²) in [7, 11) is 0. The van der Waals surface area contributed by atoms with Crippen molar-refractivity contribution in [3.8, 4) is 0 Å². The van der Waals surface area contributed by atoms with Gasteiger partial charge in [-0.05, 0) is 127 Å². The zero-order valence-electron chi connectivity index (χ0n) is 88.0. The minimum Gasteiger partial charge on any atom is -0.0776 e. The van der Waals surface area contributed by atoms with Gasteiger partial charge in [-0.3, -0.25) is 0 Å². The van der Waals surface area contributed by atoms with Gasteiger partial charge < -0.3 is 0 Å². The molecule has 0 aliphatic heterocycles. The fraction of sp³-hybridized carbons (Fsp3) is 1.00. The quantitative estimate of drug-likeness (QED) is 0.153. The van der Waals surface area contributed by atoms with Gasteiger partial charge in [-0.15, -0.1) is 0 Å². The van der Waals surface area contributed by atoms with Crippen LogP contribution in [0.25, 0.3) is 0 Å². The van der Waals surface area contributed by atoms with E-state index in [1.54, 1.807) is 205 Å². The molecule has 0 saturated heterocycles. The molecule has 9 saturated carbocycles. The maximum atomic E-state index is 2.40. The van der Waals surface area contributed by atoms with E-state index in [4.69, 9.17) is 0 Å². The van der Waals surface area contributed by atoms with Crippen molar-refractivity contribution >= 4 is 0 Å². The molecule has 0 radical (unpaired) electrons. The molecule has 0 atom stereocenters. The van der Waals surface area contributed by atoms with Crippen molar-refractivity contribution in [3.63, 3.8) is 0 Å². The molecule has 762 valence electrons. The van der Waals surface area contributed by atoms with Gasteiger partial charge in [0, 0.05) is 0 Å². The summed E-state index contributed by atoms with van der Waals surface area (Å²) in [6.07, 6.45) is 85.6. The van der Waals surface area contributed by atoms with Crippen LogP contribution >= 0.6 is 0 Å². The monoisotopic (exact) mass is 1720 g/mol. The van der Waals surface area contributed by atoms with E-state index >= 15 is 0 Å². The predicted molar refractivity (Wildman–Crippen MR) is 597 cm³/mol. The third kappa shape index (κ3) is 124. The summed E-state index contributed by atoms with van der Waals surface area (Å²) >= 11 is 0. The number of hydrogen-bond acceptors (Lipinski definition) is 0. The molecule has 0 aromatic carbocycles. The van der Waals surface area contributed by atoms with Crippen LogP contribution in [0.1, 0.15) is 703 Å². The summed E-state index contributed by atoms with van der Waals surface area (Å²) in [5.74, 6) is 16.5. The highest BCUT2D eigenvalue weighted by atomic mass is 14.4. The van der Waals surface area contributed by atoms with E-state index in [1.807, 2.05) is 125 Å². The predicted octanol–water partition coefficient (Wildman–Crippen LogP) is 49.8. The van der Waals surface area contributed by atoms with E-state index < -0.39 is 0 Å². The second kappa shape index (κ2) is 159. The zero-order chi connectivity index (χ0) is 88.0. The van der Waals surface area contributed by atoms with Gasteiger partial charge in [-0.2, -0.15) is 0 Å². The Kier molecular flexibility index (Phi) is 230. The summed E-state index contributed by atoms with van der Waals surface area (Å²) in [5, 5.41) is 0. The van der Waals surface area contributed by atoms with E-state index in [0.29, 0.717) is 0 Å². The molecule has 0 amide bonds. The first-order valence-corrected chi connectivity index (χ1v) is 54.2. The Balaban J connectivity index is -0.0000000510. The van der Waals surface area contributed by atoms with Crippen LogP contribution < -0.4 is 0 Å². The maximum Gasteiger partial charge on any atom is -0.0411 e. The molecule has 0 N–H and O–H groups in total. The summed E-state index contributed by atoms with van der Waals surface area (Å²) in [6, 6.07) is 0. The normalized spacial score (nSPS) is 22.7. The third-order valence-corrected chi connectivity index (χ3v) is 22.7. The molecular weight excluding hydrogens is 1440 g/mol. The van der Waals surface area contributed by atoms with Gasteiger partial charge >= 0.3 is 0 Å². The van der Waals surface area contributed by atoms with Crippen molar-refractivity contribution in [1.82, 2.24) is 0 Å². The Morgan fingerprint density at radius 3 is 0.250 bits per heavy atom. The average Bonchev–Trinajstić information content (AvgIpc) is 0.875. The first-order valence-electron chi connectivity index (χ1n) is 54.2. The van der Waals surface area contributed by atoms with Gasteiger partial charge in [0.15, 0.2) is 0 Å². The van der Waals surface area contributed by atoms with Crippen LogP contribution in [0.4, 0.5) is 0 Å². The molecule has 0 unspecified atom stereocenters. The lowest BCUT2D eigenvalue weighted by Crippen LogP contribution is -2.23. The average molecular weight is 1730 g/mol. The fourth-order valence-electron chi connectivity index (χ4n) is 17.8. The summed E-state index contributed by atoms with van der Waals surface area (Å²) in [5.41, 5.74) is 0. The summed E-state index contributed by atoms with van der Waals surface area (Å²) in [6.45, 7) is 81.4. The van der Waals surface area contributed by atoms with Crippen molar-refractivity contribution in [2.75, 3.05) is 0 Å². The van der Waals surface area contributed by atoms with Gasteiger partial charge in [-0.1, -0.05) is 664 Å². The van der Waals surface area contributed by atoms with Crippen molar-refractivity contribution in [3.05, 3.63) is 0 Å². The molecular formula is C120H282. The van der Waals surface area contributed by atoms with E-state index in [0.717, 1.165) is 88.8 Å². The highest BCUT2D eigenvalue weighted by Gasteiger charge is 2.32. The topological polar surface area (TPSA) is 0 Å². The van der Waals surface area contributed by atoms with Gasteiger partial charge in [0.1, 0.15) is 0 Å². The van der Waals surface area contributed by atoms with Gasteiger partial charge in [0.05, 0.1) is 0 Å². The van der Waals surface area contributed by atoms with Crippen LogP contribution in [-0.2, 0) is 0 Å². The summed E-state index contributed by atoms with van der Waals surface area (Å²) in [4.78, 5) is 0. The first kappa shape index (κ1) is 173. The lowest BCUT2D eigenvalue weighted by Gasteiger charge is -2.37. The molecule has 9 aliphatic carbocycles. The van der Waals surface area contributed by atoms with E-state index in [-0.39, 0.29) is 66.8 Å². The largest absolute Gasteiger partial charge is 0.0776 e. The molecule has 9 fully saturated rings. The second-order valence-electron chi connectivity index (χ2n) is 33.8. The Hall–Kier alpha value is 0. The Bertz CT molecular complexity index is 1270. The molecule has 0 aromatic rings. The molecule has 0 nitrogen and oxygen atoms in total. The zero-order valence-corrected chi connectivity index (χ0v) is 88.0. The van der Waals surface area contributed by atoms with Crippen molar-refractivity contribution in [1.29, 1.82) is 0 Å². The number of hydrogen-bond donors (Lipinski definition) is 0. The molecule has 0 bridgehead atoms. The van der Waals surface area contributed by atoms with Crippen LogP contribution in [0.5, 0.6) is 0 Å². The van der Waals surface area contributed by atoms with Gasteiger partial charge in [0.25, 0.3) is 0 Å². The van der Waals surface area contributed by atoms with Crippen LogP contribution in [0.15, 0.2) is 0 Å². The van der Waals surface area contributed by atoms with Crippen molar-refractivity contribution < 1.29 is 0 Å². The Labute approximate surface area is 786 Å². The molecule has 9 aliphatic rings. The molecule has 0 aromatic heterocycles. The lowest BCUT2D eigenvalue weighted by atomic mass is 9.69. The van der Waals surface area contributed by atoms with E-state index in [1.165, 1.54) is 161 Å². The van der Waals surface area contributed by atoms with Crippen molar-refractivity contribution in [2.45, 2.75) is 703 Å². The van der Waals surface area contributed by atoms with Crippen molar-refractivity contribution in [2.24, 2.45) is 88.8 Å². The fourth-order valence-corrected chi connectivity index (χ4v) is 17.8. The van der Waals surface area contributed by atoms with Crippen LogP contribution in [0, 0.1) is 88.8 Å². The number of rotatable bonds is 15. The Morgan fingerprint density at radius 1 is 0.108 bits per heavy atom.